The zero-order valence-electron chi connectivity index (χ0n) is 9.37. The lowest BCUT2D eigenvalue weighted by molar-refractivity contribution is 0.616. The molecule has 0 radical (unpaired) electrons. The summed E-state index contributed by atoms with van der Waals surface area (Å²) in [6, 6.07) is 0. The van der Waals surface area contributed by atoms with Crippen molar-refractivity contribution in [2.45, 2.75) is 19.3 Å². The number of hydrogen-bond acceptors (Lipinski definition) is 5. The molecule has 1 heterocycles. The Morgan fingerprint density at radius 3 is 3.00 bits per heavy atom. The highest BCUT2D eigenvalue weighted by Crippen LogP contribution is 2.10. The van der Waals surface area contributed by atoms with Crippen LogP contribution in [0.5, 0.6) is 0 Å². The molecule has 0 unspecified atom stereocenters. The van der Waals surface area contributed by atoms with Gasteiger partial charge in [-0.3, -0.25) is 0 Å². The smallest absolute Gasteiger partial charge is 0.222 e. The van der Waals surface area contributed by atoms with Gasteiger partial charge in [-0.25, -0.2) is 9.37 Å². The Morgan fingerprint density at radius 1 is 1.44 bits per heavy atom. The van der Waals surface area contributed by atoms with E-state index in [9.17, 15) is 4.39 Å². The van der Waals surface area contributed by atoms with Crippen LogP contribution in [0.25, 0.3) is 0 Å². The van der Waals surface area contributed by atoms with Crippen LogP contribution in [0.2, 0.25) is 0 Å². The molecule has 1 aromatic heterocycles. The maximum atomic E-state index is 13.2. The molecule has 3 N–H and O–H groups in total. The Bertz CT molecular complexity index is 322. The quantitative estimate of drug-likeness (QED) is 0.719. The zero-order chi connectivity index (χ0) is 11.8. The van der Waals surface area contributed by atoms with Gasteiger partial charge >= 0.3 is 0 Å². The van der Waals surface area contributed by atoms with Gasteiger partial charge in [-0.05, 0) is 24.9 Å². The number of hydrogen-bond donors (Lipinski definition) is 2. The Morgan fingerprint density at radius 2 is 2.25 bits per heavy atom. The largest absolute Gasteiger partial charge is 0.368 e. The summed E-state index contributed by atoms with van der Waals surface area (Å²) in [5, 5.41) is 2.92. The molecule has 0 atom stereocenters. The van der Waals surface area contributed by atoms with E-state index in [-0.39, 0.29) is 11.8 Å². The van der Waals surface area contributed by atoms with Crippen molar-refractivity contribution in [2.75, 3.05) is 29.6 Å². The molecule has 0 saturated carbocycles. The van der Waals surface area contributed by atoms with Gasteiger partial charge < -0.3 is 11.1 Å². The molecule has 1 aromatic rings. The molecular weight excluding hydrogens is 227 g/mol. The number of aromatic nitrogens is 2. The van der Waals surface area contributed by atoms with Gasteiger partial charge in [0.25, 0.3) is 0 Å². The normalized spacial score (nSPS) is 10.4. The molecule has 1 rings (SSSR count). The summed E-state index contributed by atoms with van der Waals surface area (Å²) in [6.45, 7) is 0.710. The Hall–Kier alpha value is -1.04. The van der Waals surface area contributed by atoms with E-state index in [2.05, 4.69) is 21.5 Å². The Kier molecular flexibility index (Phi) is 5.92. The topological polar surface area (TPSA) is 63.8 Å². The molecule has 16 heavy (non-hydrogen) atoms. The number of nitrogens with one attached hydrogen (secondary N) is 1. The average molecular weight is 244 g/mol. The number of halogens is 1. The van der Waals surface area contributed by atoms with Crippen LogP contribution in [0.1, 0.15) is 19.3 Å². The first-order valence-corrected chi connectivity index (χ1v) is 6.64. The van der Waals surface area contributed by atoms with Gasteiger partial charge in [-0.15, -0.1) is 0 Å². The zero-order valence-corrected chi connectivity index (χ0v) is 10.2. The van der Waals surface area contributed by atoms with E-state index in [0.717, 1.165) is 19.0 Å². The minimum absolute atomic E-state index is 0.0892. The van der Waals surface area contributed by atoms with Crippen molar-refractivity contribution in [3.8, 4) is 0 Å². The molecule has 0 aliphatic carbocycles. The summed E-state index contributed by atoms with van der Waals surface area (Å²) >= 11 is 1.84. The van der Waals surface area contributed by atoms with Crippen LogP contribution in [-0.4, -0.2) is 28.5 Å². The number of rotatable bonds is 7. The van der Waals surface area contributed by atoms with E-state index < -0.39 is 5.82 Å². The first-order valence-electron chi connectivity index (χ1n) is 5.25. The van der Waals surface area contributed by atoms with Crippen LogP contribution in [0.15, 0.2) is 6.20 Å². The summed E-state index contributed by atoms with van der Waals surface area (Å²) in [7, 11) is 0. The number of nitrogen functional groups attached to an aromatic ring is 1. The predicted molar refractivity (Wildman–Crippen MR) is 67.1 cm³/mol. The lowest BCUT2D eigenvalue weighted by Gasteiger charge is -2.06. The van der Waals surface area contributed by atoms with Crippen molar-refractivity contribution in [1.29, 1.82) is 0 Å². The molecule has 0 spiro atoms. The maximum absolute atomic E-state index is 13.2. The second-order valence-electron chi connectivity index (χ2n) is 3.40. The third kappa shape index (κ3) is 4.65. The Labute approximate surface area is 99.2 Å². The second-order valence-corrected chi connectivity index (χ2v) is 4.39. The molecule has 0 fully saturated rings. The van der Waals surface area contributed by atoms with E-state index >= 15 is 0 Å². The van der Waals surface area contributed by atoms with E-state index in [1.165, 1.54) is 12.2 Å². The summed E-state index contributed by atoms with van der Waals surface area (Å²) in [5.41, 5.74) is 5.37. The molecule has 0 aliphatic rings. The first-order chi connectivity index (χ1) is 7.74. The van der Waals surface area contributed by atoms with Crippen molar-refractivity contribution in [3.63, 3.8) is 0 Å². The number of nitrogens with zero attached hydrogens (tertiary/aromatic N) is 2. The highest BCUT2D eigenvalue weighted by molar-refractivity contribution is 7.98. The first kappa shape index (κ1) is 13.0. The van der Waals surface area contributed by atoms with Crippen molar-refractivity contribution in [2.24, 2.45) is 0 Å². The molecule has 0 saturated heterocycles. The molecule has 6 heteroatoms. The maximum Gasteiger partial charge on any atom is 0.222 e. The van der Waals surface area contributed by atoms with Gasteiger partial charge in [0.1, 0.15) is 0 Å². The summed E-state index contributed by atoms with van der Waals surface area (Å²) in [6.07, 6.45) is 6.51. The lowest BCUT2D eigenvalue weighted by Crippen LogP contribution is -2.08. The van der Waals surface area contributed by atoms with Crippen LogP contribution in [-0.2, 0) is 0 Å². The molecule has 0 aromatic carbocycles. The highest BCUT2D eigenvalue weighted by Gasteiger charge is 2.03. The van der Waals surface area contributed by atoms with Gasteiger partial charge in [-0.1, -0.05) is 6.42 Å². The van der Waals surface area contributed by atoms with Crippen LogP contribution in [0.4, 0.5) is 16.2 Å². The van der Waals surface area contributed by atoms with Crippen LogP contribution in [0, 0.1) is 5.82 Å². The number of anilines is 2. The SMILES string of the molecule is CSCCCCCNc1nc(N)ncc1F. The third-order valence-electron chi connectivity index (χ3n) is 2.08. The fourth-order valence-electron chi connectivity index (χ4n) is 1.26. The predicted octanol–water partition coefficient (Wildman–Crippen LogP) is 2.14. The number of nitrogens with two attached hydrogens (primary N) is 1. The summed E-state index contributed by atoms with van der Waals surface area (Å²) in [5.74, 6) is 0.997. The molecule has 0 bridgehead atoms. The third-order valence-corrected chi connectivity index (χ3v) is 2.78. The van der Waals surface area contributed by atoms with Gasteiger partial charge in [-0.2, -0.15) is 16.7 Å². The molecule has 90 valence electrons. The van der Waals surface area contributed by atoms with E-state index in [1.807, 2.05) is 11.8 Å². The van der Waals surface area contributed by atoms with Crippen molar-refractivity contribution >= 4 is 23.5 Å². The van der Waals surface area contributed by atoms with Gasteiger partial charge in [0.05, 0.1) is 6.20 Å². The molecule has 0 amide bonds. The van der Waals surface area contributed by atoms with Crippen molar-refractivity contribution in [3.05, 3.63) is 12.0 Å². The monoisotopic (exact) mass is 244 g/mol. The summed E-state index contributed by atoms with van der Waals surface area (Å²) < 4.78 is 13.2. The second kappa shape index (κ2) is 7.27. The van der Waals surface area contributed by atoms with Gasteiger partial charge in [0, 0.05) is 6.54 Å². The fraction of sp³-hybridized carbons (Fsp3) is 0.600. The highest BCUT2D eigenvalue weighted by atomic mass is 32.2. The van der Waals surface area contributed by atoms with Crippen molar-refractivity contribution in [1.82, 2.24) is 9.97 Å². The van der Waals surface area contributed by atoms with Crippen LogP contribution in [0.3, 0.4) is 0 Å². The minimum Gasteiger partial charge on any atom is -0.368 e. The molecular formula is C10H17FN4S. The standard InChI is InChI=1S/C10H17FN4S/c1-16-6-4-2-3-5-13-9-8(11)7-14-10(12)15-9/h7H,2-6H2,1H3,(H3,12,13,14,15). The number of thioether (sulfide) groups is 1. The lowest BCUT2D eigenvalue weighted by atomic mass is 10.2. The van der Waals surface area contributed by atoms with Crippen LogP contribution < -0.4 is 11.1 Å². The van der Waals surface area contributed by atoms with E-state index in [0.29, 0.717) is 6.54 Å². The van der Waals surface area contributed by atoms with Gasteiger partial charge in [0.15, 0.2) is 11.6 Å². The van der Waals surface area contributed by atoms with Gasteiger partial charge in [0.2, 0.25) is 5.95 Å². The number of unbranched alkanes of at least 4 members (excludes halogenated alkanes) is 2. The molecule has 4 nitrogen and oxygen atoms in total. The van der Waals surface area contributed by atoms with Crippen LogP contribution >= 0.6 is 11.8 Å². The summed E-state index contributed by atoms with van der Waals surface area (Å²) in [4.78, 5) is 7.34. The minimum atomic E-state index is -0.460. The van der Waals surface area contributed by atoms with E-state index in [4.69, 9.17) is 5.73 Å². The molecule has 0 aliphatic heterocycles. The van der Waals surface area contributed by atoms with E-state index in [1.54, 1.807) is 0 Å². The Balaban J connectivity index is 2.23. The fourth-order valence-corrected chi connectivity index (χ4v) is 1.75. The van der Waals surface area contributed by atoms with Crippen molar-refractivity contribution < 1.29 is 4.39 Å². The average Bonchev–Trinajstić information content (AvgIpc) is 2.28.